The van der Waals surface area contributed by atoms with E-state index in [2.05, 4.69) is 6.07 Å². The van der Waals surface area contributed by atoms with Gasteiger partial charge in [-0.2, -0.15) is 5.26 Å². The molecule has 0 spiro atoms. The van der Waals surface area contributed by atoms with Gasteiger partial charge in [0.15, 0.2) is 0 Å². The van der Waals surface area contributed by atoms with Gasteiger partial charge in [0.25, 0.3) is 0 Å². The summed E-state index contributed by atoms with van der Waals surface area (Å²) in [6.07, 6.45) is 2.56. The summed E-state index contributed by atoms with van der Waals surface area (Å²) in [6.45, 7) is 1.37. The molecule has 4 rings (SSSR count). The second-order valence-corrected chi connectivity index (χ2v) is 8.26. The molecule has 1 heterocycles. The quantitative estimate of drug-likeness (QED) is 0.514. The number of amides is 1. The number of carbonyl (C=O) groups is 1. The van der Waals surface area contributed by atoms with Crippen LogP contribution in [0.25, 0.3) is 0 Å². The monoisotopic (exact) mass is 424 g/mol. The molecule has 32 heavy (non-hydrogen) atoms. The van der Waals surface area contributed by atoms with Crippen LogP contribution in [0.2, 0.25) is 0 Å². The van der Waals surface area contributed by atoms with E-state index in [1.165, 1.54) is 0 Å². The number of piperidine rings is 1. The lowest BCUT2D eigenvalue weighted by atomic mass is 9.72. The average Bonchev–Trinajstić information content (AvgIpc) is 2.87. The van der Waals surface area contributed by atoms with E-state index < -0.39 is 5.41 Å². The molecule has 1 amide bonds. The van der Waals surface area contributed by atoms with Crippen LogP contribution in [0, 0.1) is 11.3 Å². The number of hydrogen-bond donors (Lipinski definition) is 0. The topological polar surface area (TPSA) is 53.3 Å². The maximum atomic E-state index is 13.1. The fraction of sp³-hybridized carbons (Fsp3) is 0.286. The number of hydrogen-bond acceptors (Lipinski definition) is 3. The summed E-state index contributed by atoms with van der Waals surface area (Å²) in [4.78, 5) is 15.0. The Balaban J connectivity index is 1.41. The lowest BCUT2D eigenvalue weighted by Gasteiger charge is -2.33. The maximum absolute atomic E-state index is 13.1. The van der Waals surface area contributed by atoms with Crippen LogP contribution in [0.5, 0.6) is 5.75 Å². The van der Waals surface area contributed by atoms with Crippen LogP contribution in [0.15, 0.2) is 91.0 Å². The van der Waals surface area contributed by atoms with Crippen molar-refractivity contribution in [3.8, 4) is 11.8 Å². The zero-order valence-corrected chi connectivity index (χ0v) is 18.2. The second-order valence-electron chi connectivity index (χ2n) is 8.26. The summed E-state index contributed by atoms with van der Waals surface area (Å²) in [5, 5.41) is 10.3. The van der Waals surface area contributed by atoms with Gasteiger partial charge in [0.05, 0.1) is 6.07 Å². The Morgan fingerprint density at radius 3 is 1.88 bits per heavy atom. The minimum absolute atomic E-state index is 0.106. The van der Waals surface area contributed by atoms with E-state index in [1.54, 1.807) is 0 Å². The molecular formula is C28H28N2O2. The number of carbonyl (C=O) groups excluding carboxylic acids is 1. The zero-order chi connectivity index (χ0) is 22.2. The van der Waals surface area contributed by atoms with E-state index in [4.69, 9.17) is 4.74 Å². The van der Waals surface area contributed by atoms with Gasteiger partial charge in [-0.25, -0.2) is 0 Å². The van der Waals surface area contributed by atoms with E-state index in [-0.39, 0.29) is 12.0 Å². The molecule has 0 saturated carbocycles. The van der Waals surface area contributed by atoms with Crippen LogP contribution < -0.4 is 4.74 Å². The first kappa shape index (κ1) is 21.6. The SMILES string of the molecule is N#CC(CCC(=O)N1CCC(Oc2ccccc2)CC1)(c1ccccc1)c1ccccc1. The standard InChI is InChI=1S/C28H28N2O2/c29-22-28(23-10-4-1-5-11-23,24-12-6-2-7-13-24)19-16-27(31)30-20-17-26(18-21-30)32-25-14-8-3-9-15-25/h1-15,26H,16-21H2. The molecule has 162 valence electrons. The van der Waals surface area contributed by atoms with Crippen molar-refractivity contribution < 1.29 is 9.53 Å². The van der Waals surface area contributed by atoms with E-state index in [0.29, 0.717) is 25.9 Å². The Labute approximate surface area is 190 Å². The summed E-state index contributed by atoms with van der Waals surface area (Å²) >= 11 is 0. The highest BCUT2D eigenvalue weighted by atomic mass is 16.5. The summed E-state index contributed by atoms with van der Waals surface area (Å²) in [5.41, 5.74) is 1.01. The maximum Gasteiger partial charge on any atom is 0.222 e. The number of likely N-dealkylation sites (tertiary alicyclic amines) is 1. The van der Waals surface area contributed by atoms with Gasteiger partial charge in [0, 0.05) is 32.4 Å². The van der Waals surface area contributed by atoms with E-state index in [9.17, 15) is 10.1 Å². The minimum Gasteiger partial charge on any atom is -0.490 e. The molecule has 1 saturated heterocycles. The van der Waals surface area contributed by atoms with Gasteiger partial charge < -0.3 is 9.64 Å². The number of rotatable bonds is 7. The van der Waals surface area contributed by atoms with Crippen molar-refractivity contribution in [2.24, 2.45) is 0 Å². The molecule has 4 nitrogen and oxygen atoms in total. The van der Waals surface area contributed by atoms with Gasteiger partial charge >= 0.3 is 0 Å². The van der Waals surface area contributed by atoms with Gasteiger partial charge in [-0.15, -0.1) is 0 Å². The van der Waals surface area contributed by atoms with Crippen LogP contribution in [0.1, 0.15) is 36.8 Å². The van der Waals surface area contributed by atoms with Crippen molar-refractivity contribution in [1.29, 1.82) is 5.26 Å². The van der Waals surface area contributed by atoms with Crippen molar-refractivity contribution in [2.75, 3.05) is 13.1 Å². The van der Waals surface area contributed by atoms with Crippen molar-refractivity contribution in [1.82, 2.24) is 4.90 Å². The number of ether oxygens (including phenoxy) is 1. The predicted octanol–water partition coefficient (Wildman–Crippen LogP) is 5.35. The van der Waals surface area contributed by atoms with E-state index >= 15 is 0 Å². The van der Waals surface area contributed by atoms with Crippen molar-refractivity contribution in [2.45, 2.75) is 37.2 Å². The molecule has 0 aromatic heterocycles. The smallest absolute Gasteiger partial charge is 0.222 e. The number of para-hydroxylation sites is 1. The summed E-state index contributed by atoms with van der Waals surface area (Å²) in [5.74, 6) is 0.983. The van der Waals surface area contributed by atoms with E-state index in [1.807, 2.05) is 95.9 Å². The largest absolute Gasteiger partial charge is 0.490 e. The summed E-state index contributed by atoms with van der Waals surface area (Å²) in [6, 6.07) is 32.0. The third kappa shape index (κ3) is 4.84. The predicted molar refractivity (Wildman–Crippen MR) is 125 cm³/mol. The first-order valence-electron chi connectivity index (χ1n) is 11.2. The van der Waals surface area contributed by atoms with Gasteiger partial charge in [-0.3, -0.25) is 4.79 Å². The average molecular weight is 425 g/mol. The number of nitrogens with zero attached hydrogens (tertiary/aromatic N) is 2. The normalized spacial score (nSPS) is 14.5. The first-order chi connectivity index (χ1) is 15.7. The molecule has 0 unspecified atom stereocenters. The van der Waals surface area contributed by atoms with Crippen LogP contribution in [0.3, 0.4) is 0 Å². The molecule has 3 aromatic rings. The van der Waals surface area contributed by atoms with Crippen LogP contribution >= 0.6 is 0 Å². The Bertz CT molecular complexity index is 998. The lowest BCUT2D eigenvalue weighted by Crippen LogP contribution is -2.42. The van der Waals surface area contributed by atoms with Crippen molar-refractivity contribution in [3.05, 3.63) is 102 Å². The van der Waals surface area contributed by atoms with Crippen molar-refractivity contribution in [3.63, 3.8) is 0 Å². The van der Waals surface area contributed by atoms with Crippen LogP contribution in [-0.2, 0) is 10.2 Å². The third-order valence-corrected chi connectivity index (χ3v) is 6.28. The Kier molecular flexibility index (Phi) is 6.87. The van der Waals surface area contributed by atoms with Gasteiger partial charge in [0.2, 0.25) is 5.91 Å². The molecule has 1 fully saturated rings. The van der Waals surface area contributed by atoms with Gasteiger partial charge in [-0.05, 0) is 29.7 Å². The zero-order valence-electron chi connectivity index (χ0n) is 18.2. The molecular weight excluding hydrogens is 396 g/mol. The Morgan fingerprint density at radius 1 is 0.875 bits per heavy atom. The van der Waals surface area contributed by atoms with E-state index in [0.717, 1.165) is 29.7 Å². The highest BCUT2D eigenvalue weighted by molar-refractivity contribution is 5.76. The number of benzene rings is 3. The fourth-order valence-electron chi connectivity index (χ4n) is 4.45. The highest BCUT2D eigenvalue weighted by Crippen LogP contribution is 2.36. The molecule has 0 atom stereocenters. The summed E-state index contributed by atoms with van der Waals surface area (Å²) in [7, 11) is 0. The molecule has 3 aromatic carbocycles. The number of nitriles is 1. The molecule has 0 radical (unpaired) electrons. The third-order valence-electron chi connectivity index (χ3n) is 6.28. The second kappa shape index (κ2) is 10.2. The molecule has 0 aliphatic carbocycles. The van der Waals surface area contributed by atoms with Crippen molar-refractivity contribution >= 4 is 5.91 Å². The molecule has 1 aliphatic heterocycles. The lowest BCUT2D eigenvalue weighted by molar-refractivity contribution is -0.133. The van der Waals surface area contributed by atoms with Gasteiger partial charge in [-0.1, -0.05) is 78.9 Å². The summed E-state index contributed by atoms with van der Waals surface area (Å²) < 4.78 is 6.05. The Morgan fingerprint density at radius 2 is 1.38 bits per heavy atom. The van der Waals surface area contributed by atoms with Gasteiger partial charge in [0.1, 0.15) is 17.3 Å². The minimum atomic E-state index is -0.840. The van der Waals surface area contributed by atoms with Crippen LogP contribution in [0.4, 0.5) is 0 Å². The highest BCUT2D eigenvalue weighted by Gasteiger charge is 2.35. The molecule has 4 heteroatoms. The fourth-order valence-corrected chi connectivity index (χ4v) is 4.45. The first-order valence-corrected chi connectivity index (χ1v) is 11.2. The molecule has 0 N–H and O–H groups in total. The molecule has 1 aliphatic rings. The van der Waals surface area contributed by atoms with Crippen LogP contribution in [-0.4, -0.2) is 30.0 Å². The molecule has 0 bridgehead atoms. The Hall–Kier alpha value is -3.58.